The van der Waals surface area contributed by atoms with Gasteiger partial charge >= 0.3 is 0 Å². The van der Waals surface area contributed by atoms with Crippen molar-refractivity contribution in [2.24, 2.45) is 5.73 Å². The van der Waals surface area contributed by atoms with E-state index in [1.807, 2.05) is 49.4 Å². The lowest BCUT2D eigenvalue weighted by Gasteiger charge is -2.15. The summed E-state index contributed by atoms with van der Waals surface area (Å²) in [7, 11) is 0. The van der Waals surface area contributed by atoms with E-state index < -0.39 is 6.10 Å². The van der Waals surface area contributed by atoms with Crippen LogP contribution in [0.25, 0.3) is 0 Å². The van der Waals surface area contributed by atoms with Crippen molar-refractivity contribution in [1.29, 1.82) is 0 Å². The molecule has 0 radical (unpaired) electrons. The molecule has 0 aromatic heterocycles. The summed E-state index contributed by atoms with van der Waals surface area (Å²) in [6.07, 6.45) is -0.645. The molecule has 0 aliphatic carbocycles. The Labute approximate surface area is 127 Å². The van der Waals surface area contributed by atoms with Gasteiger partial charge in [0.1, 0.15) is 12.4 Å². The standard InChI is InChI=1S/C16H18BrNO2/c1-11-7-13(15(19)9-18)8-14(17)16(11)20-10-12-5-3-2-4-6-12/h2-8,15,19H,9-10,18H2,1H3. The van der Waals surface area contributed by atoms with Crippen molar-refractivity contribution in [1.82, 2.24) is 0 Å². The predicted octanol–water partition coefficient (Wildman–Crippen LogP) is 3.33. The third-order valence-corrected chi connectivity index (χ3v) is 3.67. The van der Waals surface area contributed by atoms with Crippen LogP contribution < -0.4 is 10.5 Å². The van der Waals surface area contributed by atoms with Crippen LogP contribution in [0.3, 0.4) is 0 Å². The lowest BCUT2D eigenvalue weighted by molar-refractivity contribution is 0.186. The zero-order valence-electron chi connectivity index (χ0n) is 11.3. The Morgan fingerprint density at radius 2 is 1.95 bits per heavy atom. The summed E-state index contributed by atoms with van der Waals surface area (Å²) in [5.74, 6) is 0.793. The fourth-order valence-corrected chi connectivity index (χ4v) is 2.69. The maximum Gasteiger partial charge on any atom is 0.136 e. The number of aliphatic hydroxyl groups is 1. The molecule has 0 aliphatic rings. The average molecular weight is 336 g/mol. The number of aliphatic hydroxyl groups excluding tert-OH is 1. The molecule has 1 unspecified atom stereocenters. The van der Waals surface area contributed by atoms with Crippen LogP contribution in [0.4, 0.5) is 0 Å². The van der Waals surface area contributed by atoms with Crippen LogP contribution in [-0.2, 0) is 6.61 Å². The van der Waals surface area contributed by atoms with Crippen molar-refractivity contribution in [3.05, 3.63) is 63.6 Å². The Balaban J connectivity index is 2.16. The summed E-state index contributed by atoms with van der Waals surface area (Å²) < 4.78 is 6.69. The number of ether oxygens (including phenoxy) is 1. The molecule has 0 heterocycles. The summed E-state index contributed by atoms with van der Waals surface area (Å²) >= 11 is 3.49. The number of nitrogens with two attached hydrogens (primary N) is 1. The van der Waals surface area contributed by atoms with E-state index in [1.54, 1.807) is 0 Å². The molecule has 0 saturated carbocycles. The molecule has 2 aromatic carbocycles. The van der Waals surface area contributed by atoms with Gasteiger partial charge in [-0.25, -0.2) is 0 Å². The first-order chi connectivity index (χ1) is 9.61. The zero-order valence-corrected chi connectivity index (χ0v) is 12.9. The molecule has 0 saturated heterocycles. The van der Waals surface area contributed by atoms with E-state index in [0.717, 1.165) is 26.9 Å². The quantitative estimate of drug-likeness (QED) is 0.881. The third-order valence-electron chi connectivity index (χ3n) is 3.09. The molecule has 0 aliphatic heterocycles. The van der Waals surface area contributed by atoms with Crippen molar-refractivity contribution in [2.45, 2.75) is 19.6 Å². The second-order valence-electron chi connectivity index (χ2n) is 4.67. The van der Waals surface area contributed by atoms with Crippen LogP contribution in [-0.4, -0.2) is 11.7 Å². The van der Waals surface area contributed by atoms with Gasteiger partial charge < -0.3 is 15.6 Å². The van der Waals surface area contributed by atoms with Gasteiger partial charge in [0.25, 0.3) is 0 Å². The van der Waals surface area contributed by atoms with E-state index in [1.165, 1.54) is 0 Å². The molecule has 2 aromatic rings. The summed E-state index contributed by atoms with van der Waals surface area (Å²) in [4.78, 5) is 0. The number of rotatable bonds is 5. The lowest BCUT2D eigenvalue weighted by atomic mass is 10.1. The Kier molecular flexibility index (Phi) is 5.17. The number of aryl methyl sites for hydroxylation is 1. The average Bonchev–Trinajstić information content (AvgIpc) is 2.46. The Hall–Kier alpha value is -1.36. The topological polar surface area (TPSA) is 55.5 Å². The molecule has 0 bridgehead atoms. The van der Waals surface area contributed by atoms with Gasteiger partial charge in [0, 0.05) is 6.54 Å². The van der Waals surface area contributed by atoms with E-state index in [-0.39, 0.29) is 6.54 Å². The van der Waals surface area contributed by atoms with Crippen LogP contribution in [0.15, 0.2) is 46.9 Å². The minimum atomic E-state index is -0.645. The van der Waals surface area contributed by atoms with Crippen LogP contribution in [0.2, 0.25) is 0 Å². The molecule has 2 rings (SSSR count). The van der Waals surface area contributed by atoms with E-state index in [9.17, 15) is 5.11 Å². The molecule has 0 fully saturated rings. The molecule has 20 heavy (non-hydrogen) atoms. The Morgan fingerprint density at radius 1 is 1.25 bits per heavy atom. The fraction of sp³-hybridized carbons (Fsp3) is 0.250. The minimum Gasteiger partial charge on any atom is -0.487 e. The van der Waals surface area contributed by atoms with Gasteiger partial charge in [-0.05, 0) is 51.7 Å². The van der Waals surface area contributed by atoms with Crippen LogP contribution in [0.5, 0.6) is 5.75 Å². The molecule has 3 nitrogen and oxygen atoms in total. The van der Waals surface area contributed by atoms with Crippen molar-refractivity contribution >= 4 is 15.9 Å². The minimum absolute atomic E-state index is 0.204. The zero-order chi connectivity index (χ0) is 14.5. The van der Waals surface area contributed by atoms with E-state index in [2.05, 4.69) is 15.9 Å². The van der Waals surface area contributed by atoms with Gasteiger partial charge in [0.05, 0.1) is 10.6 Å². The van der Waals surface area contributed by atoms with Crippen LogP contribution in [0.1, 0.15) is 22.8 Å². The molecule has 3 N–H and O–H groups in total. The lowest BCUT2D eigenvalue weighted by Crippen LogP contribution is -2.12. The largest absolute Gasteiger partial charge is 0.487 e. The summed E-state index contributed by atoms with van der Waals surface area (Å²) in [6, 6.07) is 13.8. The van der Waals surface area contributed by atoms with Gasteiger partial charge in [-0.15, -0.1) is 0 Å². The number of hydrogen-bond acceptors (Lipinski definition) is 3. The highest BCUT2D eigenvalue weighted by molar-refractivity contribution is 9.10. The normalized spacial score (nSPS) is 12.2. The molecular formula is C16H18BrNO2. The second-order valence-corrected chi connectivity index (χ2v) is 5.53. The summed E-state index contributed by atoms with van der Waals surface area (Å²) in [6.45, 7) is 2.67. The van der Waals surface area contributed by atoms with Gasteiger partial charge in [-0.2, -0.15) is 0 Å². The molecule has 0 amide bonds. The van der Waals surface area contributed by atoms with Crippen molar-refractivity contribution in [2.75, 3.05) is 6.54 Å². The van der Waals surface area contributed by atoms with E-state index in [4.69, 9.17) is 10.5 Å². The second kappa shape index (κ2) is 6.88. The fourth-order valence-electron chi connectivity index (χ4n) is 2.00. The highest BCUT2D eigenvalue weighted by atomic mass is 79.9. The van der Waals surface area contributed by atoms with Gasteiger partial charge in [0.15, 0.2) is 0 Å². The first kappa shape index (κ1) is 15.0. The first-order valence-corrected chi connectivity index (χ1v) is 7.26. The van der Waals surface area contributed by atoms with Crippen molar-refractivity contribution in [3.63, 3.8) is 0 Å². The first-order valence-electron chi connectivity index (χ1n) is 6.46. The summed E-state index contributed by atoms with van der Waals surface area (Å²) in [5, 5.41) is 9.79. The predicted molar refractivity (Wildman–Crippen MR) is 83.7 cm³/mol. The maximum atomic E-state index is 9.79. The Morgan fingerprint density at radius 3 is 2.55 bits per heavy atom. The summed E-state index contributed by atoms with van der Waals surface area (Å²) in [5.41, 5.74) is 8.36. The van der Waals surface area contributed by atoms with E-state index in [0.29, 0.717) is 6.61 Å². The van der Waals surface area contributed by atoms with Crippen LogP contribution in [0, 0.1) is 6.92 Å². The van der Waals surface area contributed by atoms with Gasteiger partial charge in [-0.3, -0.25) is 0 Å². The highest BCUT2D eigenvalue weighted by Crippen LogP contribution is 2.32. The maximum absolute atomic E-state index is 9.79. The molecule has 106 valence electrons. The number of benzene rings is 2. The third kappa shape index (κ3) is 3.60. The molecular weight excluding hydrogens is 318 g/mol. The van der Waals surface area contributed by atoms with Crippen LogP contribution >= 0.6 is 15.9 Å². The number of halogens is 1. The SMILES string of the molecule is Cc1cc(C(O)CN)cc(Br)c1OCc1ccccc1. The van der Waals surface area contributed by atoms with E-state index >= 15 is 0 Å². The van der Waals surface area contributed by atoms with Gasteiger partial charge in [-0.1, -0.05) is 30.3 Å². The monoisotopic (exact) mass is 335 g/mol. The van der Waals surface area contributed by atoms with Gasteiger partial charge in [0.2, 0.25) is 0 Å². The number of hydrogen-bond donors (Lipinski definition) is 2. The van der Waals surface area contributed by atoms with Crippen molar-refractivity contribution < 1.29 is 9.84 Å². The Bertz CT molecular complexity index is 549. The smallest absolute Gasteiger partial charge is 0.136 e. The van der Waals surface area contributed by atoms with Crippen molar-refractivity contribution in [3.8, 4) is 5.75 Å². The molecule has 1 atom stereocenters. The molecule has 0 spiro atoms. The highest BCUT2D eigenvalue weighted by Gasteiger charge is 2.12. The molecule has 4 heteroatoms.